The maximum absolute atomic E-state index is 12.8. The number of rotatable bonds is 4. The maximum Gasteiger partial charge on any atom is 0.255 e. The summed E-state index contributed by atoms with van der Waals surface area (Å²) in [5.74, 6) is -0.237. The van der Waals surface area contributed by atoms with Gasteiger partial charge in [-0.3, -0.25) is 4.79 Å². The summed E-state index contributed by atoms with van der Waals surface area (Å²) in [5, 5.41) is 2.82. The minimum atomic E-state index is -3.52. The van der Waals surface area contributed by atoms with Gasteiger partial charge in [-0.15, -0.1) is 0 Å². The Hall–Kier alpha value is -2.18. The highest BCUT2D eigenvalue weighted by Gasteiger charge is 2.26. The fourth-order valence-electron chi connectivity index (χ4n) is 3.18. The van der Waals surface area contributed by atoms with Crippen molar-refractivity contribution in [2.45, 2.75) is 38.0 Å². The summed E-state index contributed by atoms with van der Waals surface area (Å²) >= 11 is 0. The zero-order chi connectivity index (χ0) is 18.7. The highest BCUT2D eigenvalue weighted by molar-refractivity contribution is 7.89. The smallest absolute Gasteiger partial charge is 0.255 e. The number of piperidine rings is 1. The lowest BCUT2D eigenvalue weighted by Gasteiger charge is -2.26. The molecule has 1 aliphatic rings. The first-order chi connectivity index (χ1) is 12.4. The highest BCUT2D eigenvalue weighted by atomic mass is 32.2. The lowest BCUT2D eigenvalue weighted by Crippen LogP contribution is -2.35. The Morgan fingerprint density at radius 1 is 1.00 bits per heavy atom. The molecule has 1 fully saturated rings. The molecular formula is C20H24N2O3S. The Labute approximate surface area is 155 Å². The first-order valence-corrected chi connectivity index (χ1v) is 10.3. The molecule has 0 aromatic heterocycles. The van der Waals surface area contributed by atoms with Crippen LogP contribution >= 0.6 is 0 Å². The van der Waals surface area contributed by atoms with E-state index in [2.05, 4.69) is 5.32 Å². The van der Waals surface area contributed by atoms with E-state index in [-0.39, 0.29) is 10.8 Å². The summed E-state index contributed by atoms with van der Waals surface area (Å²) < 4.78 is 27.1. The van der Waals surface area contributed by atoms with Crippen molar-refractivity contribution in [1.82, 2.24) is 4.31 Å². The van der Waals surface area contributed by atoms with E-state index in [1.54, 1.807) is 24.3 Å². The van der Waals surface area contributed by atoms with Crippen molar-refractivity contribution in [3.8, 4) is 0 Å². The van der Waals surface area contributed by atoms with Gasteiger partial charge in [0.2, 0.25) is 10.0 Å². The number of carbonyl (C=O) groups excluding carboxylic acids is 1. The number of carbonyl (C=O) groups is 1. The number of amides is 1. The molecule has 1 N–H and O–H groups in total. The second-order valence-corrected chi connectivity index (χ2v) is 8.63. The van der Waals surface area contributed by atoms with E-state index >= 15 is 0 Å². The van der Waals surface area contributed by atoms with Gasteiger partial charge >= 0.3 is 0 Å². The molecule has 2 aromatic carbocycles. The third-order valence-electron chi connectivity index (χ3n) is 4.89. The molecule has 1 heterocycles. The summed E-state index contributed by atoms with van der Waals surface area (Å²) in [6.45, 7) is 4.97. The molecule has 0 spiro atoms. The molecule has 0 saturated carbocycles. The van der Waals surface area contributed by atoms with E-state index in [9.17, 15) is 13.2 Å². The summed E-state index contributed by atoms with van der Waals surface area (Å²) in [4.78, 5) is 12.8. The Morgan fingerprint density at radius 3 is 2.42 bits per heavy atom. The molecule has 2 aromatic rings. The highest BCUT2D eigenvalue weighted by Crippen LogP contribution is 2.23. The Bertz CT molecular complexity index is 916. The minimum Gasteiger partial charge on any atom is -0.322 e. The number of aryl methyl sites for hydroxylation is 1. The van der Waals surface area contributed by atoms with E-state index in [0.717, 1.165) is 30.4 Å². The van der Waals surface area contributed by atoms with Crippen LogP contribution in [0.1, 0.15) is 40.7 Å². The van der Waals surface area contributed by atoms with Crippen molar-refractivity contribution in [1.29, 1.82) is 0 Å². The van der Waals surface area contributed by atoms with Crippen LogP contribution in [0.5, 0.6) is 0 Å². The number of hydrogen-bond donors (Lipinski definition) is 1. The predicted molar refractivity (Wildman–Crippen MR) is 103 cm³/mol. The number of nitrogens with zero attached hydrogens (tertiary/aromatic N) is 1. The van der Waals surface area contributed by atoms with Crippen molar-refractivity contribution in [2.75, 3.05) is 18.4 Å². The molecule has 5 nitrogen and oxygen atoms in total. The van der Waals surface area contributed by atoms with E-state index in [4.69, 9.17) is 0 Å². The van der Waals surface area contributed by atoms with Crippen molar-refractivity contribution < 1.29 is 13.2 Å². The fraction of sp³-hybridized carbons (Fsp3) is 0.350. The van der Waals surface area contributed by atoms with Crippen molar-refractivity contribution >= 4 is 21.6 Å². The van der Waals surface area contributed by atoms with E-state index < -0.39 is 10.0 Å². The number of nitrogens with one attached hydrogen (secondary N) is 1. The summed E-state index contributed by atoms with van der Waals surface area (Å²) in [6.07, 6.45) is 2.85. The van der Waals surface area contributed by atoms with E-state index in [1.807, 2.05) is 26.0 Å². The maximum atomic E-state index is 12.8. The second kappa shape index (κ2) is 7.60. The van der Waals surface area contributed by atoms with Crippen LogP contribution in [-0.4, -0.2) is 31.7 Å². The predicted octanol–water partition coefficient (Wildman–Crippen LogP) is 3.73. The van der Waals surface area contributed by atoms with Gasteiger partial charge in [0, 0.05) is 24.3 Å². The lowest BCUT2D eigenvalue weighted by atomic mass is 10.0. The first-order valence-electron chi connectivity index (χ1n) is 8.87. The average molecular weight is 372 g/mol. The van der Waals surface area contributed by atoms with Gasteiger partial charge in [-0.1, -0.05) is 24.6 Å². The van der Waals surface area contributed by atoms with Crippen LogP contribution in [0, 0.1) is 13.8 Å². The SMILES string of the molecule is Cc1cccc(C(=O)Nc2cccc(S(=O)(=O)N3CCCCC3)c2)c1C. The normalized spacial score (nSPS) is 15.6. The number of sulfonamides is 1. The molecule has 3 rings (SSSR count). The van der Waals surface area contributed by atoms with Gasteiger partial charge in [-0.25, -0.2) is 8.42 Å². The second-order valence-electron chi connectivity index (χ2n) is 6.69. The molecule has 0 aliphatic carbocycles. The van der Waals surface area contributed by atoms with Crippen LogP contribution in [-0.2, 0) is 10.0 Å². The average Bonchev–Trinajstić information content (AvgIpc) is 2.65. The molecule has 1 aliphatic heterocycles. The lowest BCUT2D eigenvalue weighted by molar-refractivity contribution is 0.102. The number of benzene rings is 2. The van der Waals surface area contributed by atoms with Crippen LogP contribution in [0.3, 0.4) is 0 Å². The fourth-order valence-corrected chi connectivity index (χ4v) is 4.75. The van der Waals surface area contributed by atoms with Crippen LogP contribution in [0.25, 0.3) is 0 Å². The van der Waals surface area contributed by atoms with E-state index in [0.29, 0.717) is 24.3 Å². The van der Waals surface area contributed by atoms with Gasteiger partial charge in [0.05, 0.1) is 4.90 Å². The zero-order valence-electron chi connectivity index (χ0n) is 15.2. The number of hydrogen-bond acceptors (Lipinski definition) is 3. The van der Waals surface area contributed by atoms with Crippen molar-refractivity contribution in [2.24, 2.45) is 0 Å². The quantitative estimate of drug-likeness (QED) is 0.889. The molecule has 0 unspecified atom stereocenters. The van der Waals surface area contributed by atoms with Gasteiger partial charge in [0.25, 0.3) is 5.91 Å². The molecular weight excluding hydrogens is 348 g/mol. The van der Waals surface area contributed by atoms with Gasteiger partial charge in [-0.05, 0) is 62.1 Å². The van der Waals surface area contributed by atoms with Crippen LogP contribution in [0.15, 0.2) is 47.4 Å². The van der Waals surface area contributed by atoms with Gasteiger partial charge in [0.15, 0.2) is 0 Å². The number of anilines is 1. The van der Waals surface area contributed by atoms with Gasteiger partial charge < -0.3 is 5.32 Å². The minimum absolute atomic E-state index is 0.221. The summed E-state index contributed by atoms with van der Waals surface area (Å²) in [7, 11) is -3.52. The topological polar surface area (TPSA) is 66.5 Å². The van der Waals surface area contributed by atoms with Crippen molar-refractivity contribution in [3.63, 3.8) is 0 Å². The Kier molecular flexibility index (Phi) is 5.44. The van der Waals surface area contributed by atoms with Crippen molar-refractivity contribution in [3.05, 3.63) is 59.2 Å². The molecule has 6 heteroatoms. The molecule has 1 amide bonds. The third-order valence-corrected chi connectivity index (χ3v) is 6.79. The molecule has 0 radical (unpaired) electrons. The zero-order valence-corrected chi connectivity index (χ0v) is 16.0. The summed E-state index contributed by atoms with van der Waals surface area (Å²) in [5.41, 5.74) is 3.03. The van der Waals surface area contributed by atoms with Crippen LogP contribution < -0.4 is 5.32 Å². The standard InChI is InChI=1S/C20H24N2O3S/c1-15-8-6-11-19(16(15)2)20(23)21-17-9-7-10-18(14-17)26(24,25)22-12-4-3-5-13-22/h6-11,14H,3-5,12-13H2,1-2H3,(H,21,23). The summed E-state index contributed by atoms with van der Waals surface area (Å²) in [6, 6.07) is 12.1. The molecule has 26 heavy (non-hydrogen) atoms. The molecule has 0 bridgehead atoms. The Morgan fingerprint density at radius 2 is 1.69 bits per heavy atom. The largest absolute Gasteiger partial charge is 0.322 e. The Balaban J connectivity index is 1.83. The monoisotopic (exact) mass is 372 g/mol. The third kappa shape index (κ3) is 3.81. The van der Waals surface area contributed by atoms with Crippen LogP contribution in [0.2, 0.25) is 0 Å². The van der Waals surface area contributed by atoms with Gasteiger partial charge in [0.1, 0.15) is 0 Å². The molecule has 138 valence electrons. The van der Waals surface area contributed by atoms with Crippen LogP contribution in [0.4, 0.5) is 5.69 Å². The van der Waals surface area contributed by atoms with E-state index in [1.165, 1.54) is 10.4 Å². The first kappa shape index (κ1) is 18.6. The molecule has 0 atom stereocenters. The molecule has 1 saturated heterocycles. The van der Waals surface area contributed by atoms with Gasteiger partial charge in [-0.2, -0.15) is 4.31 Å².